The molecule has 0 bridgehead atoms. The minimum absolute atomic E-state index is 0. The van der Waals surface area contributed by atoms with Crippen LogP contribution in [-0.2, 0) is 21.7 Å². The van der Waals surface area contributed by atoms with Gasteiger partial charge in [0.15, 0.2) is 0 Å². The maximum atomic E-state index is 3.19. The Hall–Kier alpha value is -1.14. The van der Waals surface area contributed by atoms with Crippen molar-refractivity contribution in [2.45, 2.75) is 20.3 Å². The molecule has 1 unspecified atom stereocenters. The van der Waals surface area contributed by atoms with E-state index in [0.29, 0.717) is 0 Å². The average molecular weight is 459 g/mol. The van der Waals surface area contributed by atoms with E-state index < -0.39 is 0 Å². The molecule has 140 valence electrons. The Morgan fingerprint density at radius 2 is 1.57 bits per heavy atom. The SMILES string of the molecule is CC1=[C-]CC=C1C.[Cl-].[Cl-].[Ti+4].c1ccc2[cH-]c(-p3ccc4ccccc43)cc2c1. The average Bonchev–Trinajstić information content (AvgIpc) is 3.34. The van der Waals surface area contributed by atoms with Crippen LogP contribution in [0.3, 0.4) is 0 Å². The fraction of sp³-hybridized carbons (Fsp3) is 0.125. The summed E-state index contributed by atoms with van der Waals surface area (Å²) in [5.41, 5.74) is 2.71. The number of benzene rings is 2. The smallest absolute Gasteiger partial charge is 1.00 e. The third kappa shape index (κ3) is 5.26. The Morgan fingerprint density at radius 3 is 2.18 bits per heavy atom. The second kappa shape index (κ2) is 11.2. The van der Waals surface area contributed by atoms with Crippen molar-refractivity contribution in [3.05, 3.63) is 95.8 Å². The van der Waals surface area contributed by atoms with Crippen LogP contribution in [0.2, 0.25) is 0 Å². The molecule has 0 radical (unpaired) electrons. The van der Waals surface area contributed by atoms with Crippen LogP contribution in [-0.4, -0.2) is 0 Å². The number of rotatable bonds is 1. The van der Waals surface area contributed by atoms with Gasteiger partial charge in [-0.2, -0.15) is 12.1 Å². The molecule has 5 rings (SSSR count). The monoisotopic (exact) mass is 458 g/mol. The largest absolute Gasteiger partial charge is 4.00 e. The summed E-state index contributed by atoms with van der Waals surface area (Å²) in [7, 11) is -0.283. The van der Waals surface area contributed by atoms with Crippen molar-refractivity contribution in [1.29, 1.82) is 0 Å². The minimum atomic E-state index is -0.283. The fourth-order valence-corrected chi connectivity index (χ4v) is 5.38. The van der Waals surface area contributed by atoms with Gasteiger partial charge >= 0.3 is 21.7 Å². The zero-order valence-electron chi connectivity index (χ0n) is 15.9. The summed E-state index contributed by atoms with van der Waals surface area (Å²) in [6.07, 6.45) is 6.41. The molecule has 0 saturated carbocycles. The van der Waals surface area contributed by atoms with E-state index >= 15 is 0 Å². The van der Waals surface area contributed by atoms with E-state index in [-0.39, 0.29) is 54.1 Å². The predicted octanol–water partition coefficient (Wildman–Crippen LogP) is 1.78. The molecule has 1 aromatic heterocycles. The van der Waals surface area contributed by atoms with Crippen molar-refractivity contribution in [3.63, 3.8) is 0 Å². The molecule has 1 aliphatic rings. The summed E-state index contributed by atoms with van der Waals surface area (Å²) in [4.78, 5) is 0. The van der Waals surface area contributed by atoms with E-state index in [2.05, 4.69) is 98.5 Å². The molecule has 0 aliphatic heterocycles. The number of fused-ring (bicyclic) bond motifs is 2. The van der Waals surface area contributed by atoms with Gasteiger partial charge in [0.25, 0.3) is 0 Å². The summed E-state index contributed by atoms with van der Waals surface area (Å²) >= 11 is 0. The normalized spacial score (nSPS) is 12.7. The summed E-state index contributed by atoms with van der Waals surface area (Å²) < 4.78 is 0. The topological polar surface area (TPSA) is 0 Å². The Kier molecular flexibility index (Phi) is 9.92. The van der Waals surface area contributed by atoms with Gasteiger partial charge in [0.2, 0.25) is 0 Å². The maximum absolute atomic E-state index is 3.19. The van der Waals surface area contributed by atoms with E-state index in [1.807, 2.05) is 0 Å². The van der Waals surface area contributed by atoms with Crippen LogP contribution >= 0.6 is 7.53 Å². The van der Waals surface area contributed by atoms with E-state index in [9.17, 15) is 0 Å². The molecule has 28 heavy (non-hydrogen) atoms. The molecule has 4 aromatic rings. The Balaban J connectivity index is 0.000000341. The first-order valence-electron chi connectivity index (χ1n) is 8.69. The third-order valence-electron chi connectivity index (χ3n) is 4.85. The molecule has 1 heterocycles. The van der Waals surface area contributed by atoms with Gasteiger partial charge in [0, 0.05) is 5.12 Å². The van der Waals surface area contributed by atoms with Crippen LogP contribution in [0.25, 0.3) is 26.6 Å². The van der Waals surface area contributed by atoms with Crippen molar-refractivity contribution in [2.75, 3.05) is 0 Å². The molecule has 0 amide bonds. The molecule has 1 aliphatic carbocycles. The van der Waals surface area contributed by atoms with E-state index in [1.165, 1.54) is 37.7 Å². The molecule has 0 saturated heterocycles. The molecule has 0 spiro atoms. The first kappa shape index (κ1) is 24.9. The summed E-state index contributed by atoms with van der Waals surface area (Å²) in [6.45, 7) is 4.22. The van der Waals surface area contributed by atoms with Gasteiger partial charge in [-0.05, 0) is 17.3 Å². The van der Waals surface area contributed by atoms with Gasteiger partial charge < -0.3 is 24.8 Å². The van der Waals surface area contributed by atoms with Crippen LogP contribution in [0.4, 0.5) is 0 Å². The first-order valence-corrected chi connectivity index (χ1v) is 10.1. The second-order valence-electron chi connectivity index (χ2n) is 6.48. The van der Waals surface area contributed by atoms with Gasteiger partial charge in [-0.15, -0.1) is 55.9 Å². The quantitative estimate of drug-likeness (QED) is 0.301. The third-order valence-corrected chi connectivity index (χ3v) is 7.04. The number of hydrogen-bond acceptors (Lipinski definition) is 0. The van der Waals surface area contributed by atoms with Crippen LogP contribution < -0.4 is 24.8 Å². The Morgan fingerprint density at radius 1 is 0.893 bits per heavy atom. The standard InChI is InChI=1S/C17H12P.C7H9.2ClH.Ti/c1-2-7-15-12-16(11-14(15)6-1)18-10-9-13-5-3-4-8-17(13)18;1-6-4-3-5-7(6)2;;;/h1-12H;4H,3H2,1-2H3;2*1H;/q2*-1;;;+4/p-2. The van der Waals surface area contributed by atoms with Crippen LogP contribution in [0.5, 0.6) is 0 Å². The molecular formula is C24H21Cl2PTi. The van der Waals surface area contributed by atoms with E-state index in [4.69, 9.17) is 0 Å². The van der Waals surface area contributed by atoms with Gasteiger partial charge in [-0.25, -0.2) is 11.1 Å². The minimum Gasteiger partial charge on any atom is -1.00 e. The molecule has 0 fully saturated rings. The number of halogens is 2. The van der Waals surface area contributed by atoms with Crippen molar-refractivity contribution >= 4 is 28.8 Å². The van der Waals surface area contributed by atoms with Crippen molar-refractivity contribution < 1.29 is 46.5 Å². The van der Waals surface area contributed by atoms with Crippen LogP contribution in [0, 0.1) is 6.08 Å². The molecule has 3 aromatic carbocycles. The van der Waals surface area contributed by atoms with Gasteiger partial charge in [0.1, 0.15) is 0 Å². The second-order valence-corrected chi connectivity index (χ2v) is 8.52. The zero-order valence-corrected chi connectivity index (χ0v) is 19.9. The number of hydrogen-bond donors (Lipinski definition) is 0. The zero-order chi connectivity index (χ0) is 17.2. The van der Waals surface area contributed by atoms with Crippen molar-refractivity contribution in [1.82, 2.24) is 0 Å². The van der Waals surface area contributed by atoms with Gasteiger partial charge in [0.05, 0.1) is 0 Å². The molecule has 0 N–H and O–H groups in total. The van der Waals surface area contributed by atoms with E-state index in [1.54, 1.807) is 0 Å². The maximum Gasteiger partial charge on any atom is 4.00 e. The van der Waals surface area contributed by atoms with E-state index in [0.717, 1.165) is 6.42 Å². The van der Waals surface area contributed by atoms with Crippen molar-refractivity contribution in [3.8, 4) is 5.30 Å². The van der Waals surface area contributed by atoms with Gasteiger partial charge in [-0.3, -0.25) is 6.08 Å². The predicted molar refractivity (Wildman–Crippen MR) is 112 cm³/mol. The van der Waals surface area contributed by atoms with Crippen LogP contribution in [0.15, 0.2) is 89.8 Å². The Labute approximate surface area is 195 Å². The first-order chi connectivity index (χ1) is 12.2. The summed E-state index contributed by atoms with van der Waals surface area (Å²) in [6, 6.07) is 24.3. The molecule has 0 nitrogen and oxygen atoms in total. The fourth-order valence-electron chi connectivity index (χ4n) is 3.23. The van der Waals surface area contributed by atoms with Crippen LogP contribution in [0.1, 0.15) is 20.3 Å². The Bertz CT molecular complexity index is 1050. The molecule has 4 heteroatoms. The molecule has 1 atom stereocenters. The number of allylic oxidation sites excluding steroid dienone is 4. The van der Waals surface area contributed by atoms with Crippen molar-refractivity contribution in [2.24, 2.45) is 0 Å². The molecular weight excluding hydrogens is 438 g/mol. The summed E-state index contributed by atoms with van der Waals surface area (Å²) in [5, 5.41) is 7.05. The summed E-state index contributed by atoms with van der Waals surface area (Å²) in [5.74, 6) is 2.37. The van der Waals surface area contributed by atoms with Gasteiger partial charge in [-0.1, -0.05) is 42.6 Å².